The monoisotopic (exact) mass is 304 g/mol. The van der Waals surface area contributed by atoms with Crippen molar-refractivity contribution in [3.63, 3.8) is 0 Å². The lowest BCUT2D eigenvalue weighted by atomic mass is 10.2. The van der Waals surface area contributed by atoms with Gasteiger partial charge in [0.1, 0.15) is 0 Å². The van der Waals surface area contributed by atoms with Gasteiger partial charge in [-0.2, -0.15) is 0 Å². The summed E-state index contributed by atoms with van der Waals surface area (Å²) in [6, 6.07) is 9.81. The molecular formula is C16H20N2O2S. The van der Waals surface area contributed by atoms with Crippen molar-refractivity contribution in [2.75, 3.05) is 0 Å². The molecule has 0 saturated carbocycles. The predicted octanol–water partition coefficient (Wildman–Crippen LogP) is 2.91. The van der Waals surface area contributed by atoms with Gasteiger partial charge in [-0.05, 0) is 24.5 Å². The lowest BCUT2D eigenvalue weighted by molar-refractivity contribution is 0.468. The molecule has 0 atom stereocenters. The highest BCUT2D eigenvalue weighted by Gasteiger charge is 2.15. The summed E-state index contributed by atoms with van der Waals surface area (Å²) in [5, 5.41) is 0.756. The SMILES string of the molecule is CCc1c(Sc2ccccc2)n(CC(C)C)c(=O)[nH]c1=O. The summed E-state index contributed by atoms with van der Waals surface area (Å²) in [6.07, 6.45) is 0.600. The third-order valence-electron chi connectivity index (χ3n) is 3.10. The van der Waals surface area contributed by atoms with E-state index in [-0.39, 0.29) is 11.2 Å². The molecule has 5 heteroatoms. The van der Waals surface area contributed by atoms with Crippen LogP contribution in [-0.2, 0) is 13.0 Å². The molecule has 0 aliphatic rings. The average molecular weight is 304 g/mol. The van der Waals surface area contributed by atoms with Crippen molar-refractivity contribution < 1.29 is 0 Å². The highest BCUT2D eigenvalue weighted by Crippen LogP contribution is 2.28. The van der Waals surface area contributed by atoms with Gasteiger partial charge in [0.2, 0.25) is 0 Å². The second-order valence-electron chi connectivity index (χ2n) is 5.32. The molecule has 1 aromatic carbocycles. The van der Waals surface area contributed by atoms with E-state index in [0.717, 1.165) is 9.92 Å². The van der Waals surface area contributed by atoms with Gasteiger partial charge in [-0.15, -0.1) is 0 Å². The highest BCUT2D eigenvalue weighted by atomic mass is 32.2. The van der Waals surface area contributed by atoms with E-state index in [9.17, 15) is 9.59 Å². The quantitative estimate of drug-likeness (QED) is 0.864. The van der Waals surface area contributed by atoms with E-state index in [1.807, 2.05) is 37.3 Å². The Morgan fingerprint density at radius 2 is 1.86 bits per heavy atom. The van der Waals surface area contributed by atoms with E-state index < -0.39 is 0 Å². The third kappa shape index (κ3) is 3.67. The van der Waals surface area contributed by atoms with Gasteiger partial charge in [0.15, 0.2) is 0 Å². The minimum Gasteiger partial charge on any atom is -0.287 e. The maximum absolute atomic E-state index is 12.1. The van der Waals surface area contributed by atoms with Gasteiger partial charge in [-0.25, -0.2) is 4.79 Å². The number of H-pyrrole nitrogens is 1. The first-order valence-corrected chi connectivity index (χ1v) is 7.93. The Morgan fingerprint density at radius 3 is 2.43 bits per heavy atom. The smallest absolute Gasteiger partial charge is 0.287 e. The molecular weight excluding hydrogens is 284 g/mol. The predicted molar refractivity (Wildman–Crippen MR) is 86.1 cm³/mol. The maximum atomic E-state index is 12.1. The van der Waals surface area contributed by atoms with Crippen LogP contribution in [0, 0.1) is 5.92 Å². The summed E-state index contributed by atoms with van der Waals surface area (Å²) in [7, 11) is 0. The molecule has 2 rings (SSSR count). The van der Waals surface area contributed by atoms with Crippen LogP contribution in [0.5, 0.6) is 0 Å². The summed E-state index contributed by atoms with van der Waals surface area (Å²) in [4.78, 5) is 27.6. The van der Waals surface area contributed by atoms with Crippen molar-refractivity contribution in [3.05, 3.63) is 56.7 Å². The molecule has 0 aliphatic carbocycles. The molecule has 0 amide bonds. The van der Waals surface area contributed by atoms with Gasteiger partial charge in [0.05, 0.1) is 5.03 Å². The summed E-state index contributed by atoms with van der Waals surface area (Å²) in [5.74, 6) is 0.327. The molecule has 112 valence electrons. The first-order valence-electron chi connectivity index (χ1n) is 7.11. The van der Waals surface area contributed by atoms with E-state index >= 15 is 0 Å². The van der Waals surface area contributed by atoms with Crippen LogP contribution in [0.15, 0.2) is 49.8 Å². The van der Waals surface area contributed by atoms with Crippen molar-refractivity contribution in [1.29, 1.82) is 0 Å². The van der Waals surface area contributed by atoms with Gasteiger partial charge < -0.3 is 0 Å². The van der Waals surface area contributed by atoms with Crippen LogP contribution >= 0.6 is 11.8 Å². The topological polar surface area (TPSA) is 54.9 Å². The van der Waals surface area contributed by atoms with Crippen LogP contribution < -0.4 is 11.2 Å². The largest absolute Gasteiger partial charge is 0.329 e. The summed E-state index contributed by atoms with van der Waals surface area (Å²) in [5.41, 5.74) is 0.0642. The van der Waals surface area contributed by atoms with Crippen molar-refractivity contribution in [1.82, 2.24) is 9.55 Å². The van der Waals surface area contributed by atoms with Gasteiger partial charge in [0.25, 0.3) is 5.56 Å². The fraction of sp³-hybridized carbons (Fsp3) is 0.375. The molecule has 1 aromatic heterocycles. The number of hydrogen-bond donors (Lipinski definition) is 1. The fourth-order valence-corrected chi connectivity index (χ4v) is 3.30. The number of rotatable bonds is 5. The Labute approximate surface area is 128 Å². The fourth-order valence-electron chi connectivity index (χ4n) is 2.15. The van der Waals surface area contributed by atoms with E-state index in [0.29, 0.717) is 24.4 Å². The number of benzene rings is 1. The minimum atomic E-state index is -0.329. The molecule has 0 saturated heterocycles. The van der Waals surface area contributed by atoms with E-state index in [4.69, 9.17) is 0 Å². The molecule has 2 aromatic rings. The Hall–Kier alpha value is -1.75. The molecule has 1 N–H and O–H groups in total. The average Bonchev–Trinajstić information content (AvgIpc) is 2.44. The number of nitrogens with zero attached hydrogens (tertiary/aromatic N) is 1. The zero-order valence-electron chi connectivity index (χ0n) is 12.6. The lowest BCUT2D eigenvalue weighted by Gasteiger charge is -2.16. The molecule has 0 radical (unpaired) electrons. The summed E-state index contributed by atoms with van der Waals surface area (Å²) < 4.78 is 1.68. The molecule has 21 heavy (non-hydrogen) atoms. The van der Waals surface area contributed by atoms with E-state index in [1.54, 1.807) is 4.57 Å². The van der Waals surface area contributed by atoms with Crippen molar-refractivity contribution in [2.45, 2.75) is 43.7 Å². The second-order valence-corrected chi connectivity index (χ2v) is 6.38. The second kappa shape index (κ2) is 6.80. The Balaban J connectivity index is 2.59. The van der Waals surface area contributed by atoms with Crippen LogP contribution in [0.25, 0.3) is 0 Å². The number of hydrogen-bond acceptors (Lipinski definition) is 3. The van der Waals surface area contributed by atoms with Gasteiger partial charge >= 0.3 is 5.69 Å². The molecule has 4 nitrogen and oxygen atoms in total. The van der Waals surface area contributed by atoms with Gasteiger partial charge in [-0.3, -0.25) is 14.3 Å². The molecule has 0 unspecified atom stereocenters. The number of nitrogens with one attached hydrogen (secondary N) is 1. The molecule has 0 aliphatic heterocycles. The number of aromatic amines is 1. The first-order chi connectivity index (χ1) is 10.0. The molecule has 0 spiro atoms. The van der Waals surface area contributed by atoms with E-state index in [1.165, 1.54) is 11.8 Å². The molecule has 0 fully saturated rings. The Morgan fingerprint density at radius 1 is 1.19 bits per heavy atom. The Kier molecular flexibility index (Phi) is 5.07. The van der Waals surface area contributed by atoms with Crippen LogP contribution in [0.4, 0.5) is 0 Å². The molecule has 1 heterocycles. The zero-order chi connectivity index (χ0) is 15.4. The van der Waals surface area contributed by atoms with Crippen LogP contribution in [0.1, 0.15) is 26.3 Å². The van der Waals surface area contributed by atoms with E-state index in [2.05, 4.69) is 18.8 Å². The van der Waals surface area contributed by atoms with Gasteiger partial charge in [0, 0.05) is 17.0 Å². The standard InChI is InChI=1S/C16H20N2O2S/c1-4-13-14(19)17-16(20)18(10-11(2)3)15(13)21-12-8-6-5-7-9-12/h5-9,11H,4,10H2,1-3H3,(H,17,19,20). The highest BCUT2D eigenvalue weighted by molar-refractivity contribution is 7.99. The van der Waals surface area contributed by atoms with Crippen molar-refractivity contribution >= 4 is 11.8 Å². The Bertz CT molecular complexity index is 717. The minimum absolute atomic E-state index is 0.277. The number of aromatic nitrogens is 2. The summed E-state index contributed by atoms with van der Waals surface area (Å²) >= 11 is 1.48. The van der Waals surface area contributed by atoms with Crippen LogP contribution in [0.3, 0.4) is 0 Å². The van der Waals surface area contributed by atoms with Crippen LogP contribution in [-0.4, -0.2) is 9.55 Å². The van der Waals surface area contributed by atoms with Gasteiger partial charge in [-0.1, -0.05) is 50.7 Å². The maximum Gasteiger partial charge on any atom is 0.329 e. The summed E-state index contributed by atoms with van der Waals surface area (Å²) in [6.45, 7) is 6.64. The molecule has 0 bridgehead atoms. The lowest BCUT2D eigenvalue weighted by Crippen LogP contribution is -2.34. The third-order valence-corrected chi connectivity index (χ3v) is 4.27. The van der Waals surface area contributed by atoms with Crippen LogP contribution in [0.2, 0.25) is 0 Å². The first kappa shape index (κ1) is 15.6. The normalized spacial score (nSPS) is 11.0. The van der Waals surface area contributed by atoms with Crippen molar-refractivity contribution in [2.24, 2.45) is 5.92 Å². The zero-order valence-corrected chi connectivity index (χ0v) is 13.4. The van der Waals surface area contributed by atoms with Crippen molar-refractivity contribution in [3.8, 4) is 0 Å².